The van der Waals surface area contributed by atoms with Crippen LogP contribution in [0.15, 0.2) is 5.57 Å². The third-order valence-corrected chi connectivity index (χ3v) is 0.927. The Bertz CT molecular complexity index is 60.4. The summed E-state index contributed by atoms with van der Waals surface area (Å²) >= 11 is 0. The molecular weight excluding hydrogens is 60.1 g/mol. The van der Waals surface area contributed by atoms with Crippen LogP contribution in [0.2, 0.25) is 0 Å². The SMILES string of the molecule is CC1=[C]CC1. The second-order valence-electron chi connectivity index (χ2n) is 1.46. The average Bonchev–Trinajstić information content (AvgIpc) is 1.30. The maximum absolute atomic E-state index is 3.12. The first kappa shape index (κ1) is 2.95. The zero-order valence-corrected chi connectivity index (χ0v) is 3.41. The average molecular weight is 67.1 g/mol. The molecule has 1 rings (SSSR count). The lowest BCUT2D eigenvalue weighted by atomic mass is 10.0. The van der Waals surface area contributed by atoms with Gasteiger partial charge in [-0.15, -0.1) is 0 Å². The van der Waals surface area contributed by atoms with Crippen molar-refractivity contribution >= 4 is 0 Å². The van der Waals surface area contributed by atoms with Crippen LogP contribution in [0, 0.1) is 6.08 Å². The monoisotopic (exact) mass is 67.1 g/mol. The van der Waals surface area contributed by atoms with Crippen molar-refractivity contribution in [3.63, 3.8) is 0 Å². The van der Waals surface area contributed by atoms with E-state index in [1.165, 1.54) is 18.4 Å². The second kappa shape index (κ2) is 0.852. The summed E-state index contributed by atoms with van der Waals surface area (Å²) in [5.41, 5.74) is 1.44. The van der Waals surface area contributed by atoms with Crippen LogP contribution in [0.1, 0.15) is 19.8 Å². The van der Waals surface area contributed by atoms with Crippen LogP contribution in [0.4, 0.5) is 0 Å². The maximum atomic E-state index is 3.12. The van der Waals surface area contributed by atoms with E-state index < -0.39 is 0 Å². The van der Waals surface area contributed by atoms with Gasteiger partial charge in [0, 0.05) is 0 Å². The van der Waals surface area contributed by atoms with Gasteiger partial charge in [-0.2, -0.15) is 0 Å². The Morgan fingerprint density at radius 2 is 2.20 bits per heavy atom. The third-order valence-electron chi connectivity index (χ3n) is 0.927. The fraction of sp³-hybridized carbons (Fsp3) is 0.600. The Balaban J connectivity index is 2.51. The van der Waals surface area contributed by atoms with Crippen molar-refractivity contribution in [1.82, 2.24) is 0 Å². The first-order chi connectivity index (χ1) is 2.39. The summed E-state index contributed by atoms with van der Waals surface area (Å²) in [6.45, 7) is 2.11. The lowest BCUT2D eigenvalue weighted by Crippen LogP contribution is -1.86. The summed E-state index contributed by atoms with van der Waals surface area (Å²) in [5, 5.41) is 0. The van der Waals surface area contributed by atoms with Gasteiger partial charge in [0.05, 0.1) is 0 Å². The molecule has 0 heterocycles. The normalized spacial score (nSPS) is 20.6. The molecule has 0 atom stereocenters. The standard InChI is InChI=1S/C5H7/c1-5-3-2-4-5/h2-3H2,1H3. The zero-order chi connectivity index (χ0) is 3.70. The number of hydrogen-bond acceptors (Lipinski definition) is 0. The molecule has 0 aliphatic heterocycles. The first-order valence-electron chi connectivity index (χ1n) is 1.96. The molecule has 1 radical (unpaired) electrons. The van der Waals surface area contributed by atoms with E-state index in [4.69, 9.17) is 0 Å². The van der Waals surface area contributed by atoms with Crippen molar-refractivity contribution in [2.75, 3.05) is 0 Å². The van der Waals surface area contributed by atoms with Gasteiger partial charge >= 0.3 is 0 Å². The van der Waals surface area contributed by atoms with E-state index in [0.29, 0.717) is 0 Å². The van der Waals surface area contributed by atoms with E-state index in [9.17, 15) is 0 Å². The van der Waals surface area contributed by atoms with Crippen LogP contribution in [-0.2, 0) is 0 Å². The largest absolute Gasteiger partial charge is 0.0695 e. The Labute approximate surface area is 32.5 Å². The molecule has 27 valence electrons. The smallest absolute Gasteiger partial charge is 0.0239 e. The van der Waals surface area contributed by atoms with Gasteiger partial charge < -0.3 is 0 Å². The molecule has 0 N–H and O–H groups in total. The molecule has 0 saturated carbocycles. The number of rotatable bonds is 0. The Morgan fingerprint density at radius 1 is 1.80 bits per heavy atom. The van der Waals surface area contributed by atoms with Crippen LogP contribution in [0.5, 0.6) is 0 Å². The van der Waals surface area contributed by atoms with Gasteiger partial charge in [-0.25, -0.2) is 0 Å². The molecule has 0 heteroatoms. The Morgan fingerprint density at radius 3 is 2.20 bits per heavy atom. The van der Waals surface area contributed by atoms with Crippen LogP contribution in [0.3, 0.4) is 0 Å². The molecule has 0 bridgehead atoms. The van der Waals surface area contributed by atoms with Crippen molar-refractivity contribution < 1.29 is 0 Å². The summed E-state index contributed by atoms with van der Waals surface area (Å²) in [6.07, 6.45) is 5.62. The van der Waals surface area contributed by atoms with E-state index in [1.807, 2.05) is 0 Å². The summed E-state index contributed by atoms with van der Waals surface area (Å²) in [4.78, 5) is 0. The minimum atomic E-state index is 1.20. The highest BCUT2D eigenvalue weighted by Crippen LogP contribution is 2.13. The van der Waals surface area contributed by atoms with Crippen molar-refractivity contribution in [2.45, 2.75) is 19.8 Å². The second-order valence-corrected chi connectivity index (χ2v) is 1.46. The lowest BCUT2D eigenvalue weighted by Gasteiger charge is -2.04. The molecule has 1 aliphatic carbocycles. The minimum absolute atomic E-state index is 1.20. The summed E-state index contributed by atoms with van der Waals surface area (Å²) in [7, 11) is 0. The van der Waals surface area contributed by atoms with Gasteiger partial charge in [0.2, 0.25) is 0 Å². The van der Waals surface area contributed by atoms with Gasteiger partial charge in [0.15, 0.2) is 0 Å². The minimum Gasteiger partial charge on any atom is -0.0695 e. The van der Waals surface area contributed by atoms with Crippen LogP contribution in [0.25, 0.3) is 0 Å². The Kier molecular flexibility index (Phi) is 0.503. The van der Waals surface area contributed by atoms with E-state index in [1.54, 1.807) is 0 Å². The molecule has 0 unspecified atom stereocenters. The molecule has 0 spiro atoms. The molecule has 0 saturated heterocycles. The maximum Gasteiger partial charge on any atom is -0.0239 e. The predicted molar refractivity (Wildman–Crippen MR) is 21.7 cm³/mol. The highest BCUT2D eigenvalue weighted by Gasteiger charge is 1.95. The quantitative estimate of drug-likeness (QED) is 0.403. The molecule has 5 heavy (non-hydrogen) atoms. The van der Waals surface area contributed by atoms with Gasteiger partial charge in [-0.1, -0.05) is 5.57 Å². The van der Waals surface area contributed by atoms with Crippen molar-refractivity contribution in [1.29, 1.82) is 0 Å². The molecule has 1 aliphatic rings. The van der Waals surface area contributed by atoms with Crippen LogP contribution < -0.4 is 0 Å². The van der Waals surface area contributed by atoms with Gasteiger partial charge in [-0.05, 0) is 25.8 Å². The predicted octanol–water partition coefficient (Wildman–Crippen LogP) is 1.53. The van der Waals surface area contributed by atoms with Gasteiger partial charge in [-0.3, -0.25) is 0 Å². The topological polar surface area (TPSA) is 0 Å². The molecule has 0 aromatic carbocycles. The first-order valence-corrected chi connectivity index (χ1v) is 1.96. The lowest BCUT2D eigenvalue weighted by molar-refractivity contribution is 0.844. The van der Waals surface area contributed by atoms with E-state index in [0.717, 1.165) is 0 Å². The summed E-state index contributed by atoms with van der Waals surface area (Å²) < 4.78 is 0. The zero-order valence-electron chi connectivity index (χ0n) is 3.41. The molecule has 0 amide bonds. The number of hydrogen-bond donors (Lipinski definition) is 0. The van der Waals surface area contributed by atoms with E-state index in [-0.39, 0.29) is 0 Å². The fourth-order valence-corrected chi connectivity index (χ4v) is 0.375. The van der Waals surface area contributed by atoms with Crippen LogP contribution >= 0.6 is 0 Å². The van der Waals surface area contributed by atoms with Crippen molar-refractivity contribution in [3.05, 3.63) is 11.6 Å². The molecular formula is C5H7. The Hall–Kier alpha value is -0.260. The van der Waals surface area contributed by atoms with Crippen molar-refractivity contribution in [2.24, 2.45) is 0 Å². The fourth-order valence-electron chi connectivity index (χ4n) is 0.375. The number of allylic oxidation sites excluding steroid dienone is 2. The van der Waals surface area contributed by atoms with Crippen molar-refractivity contribution in [3.8, 4) is 0 Å². The molecule has 0 fully saturated rings. The van der Waals surface area contributed by atoms with E-state index >= 15 is 0 Å². The third kappa shape index (κ3) is 0.344. The molecule has 0 aromatic rings. The van der Waals surface area contributed by atoms with Crippen LogP contribution in [-0.4, -0.2) is 0 Å². The molecule has 0 aromatic heterocycles. The highest BCUT2D eigenvalue weighted by atomic mass is 14.0. The highest BCUT2D eigenvalue weighted by molar-refractivity contribution is 5.01. The molecule has 0 nitrogen and oxygen atoms in total. The summed E-state index contributed by atoms with van der Waals surface area (Å²) in [6, 6.07) is 0. The van der Waals surface area contributed by atoms with Gasteiger partial charge in [0.25, 0.3) is 0 Å². The van der Waals surface area contributed by atoms with E-state index in [2.05, 4.69) is 13.0 Å². The summed E-state index contributed by atoms with van der Waals surface area (Å²) in [5.74, 6) is 0. The van der Waals surface area contributed by atoms with Gasteiger partial charge in [0.1, 0.15) is 0 Å².